The Morgan fingerprint density at radius 1 is 0.932 bits per heavy atom. The van der Waals surface area contributed by atoms with Crippen LogP contribution in [0.25, 0.3) is 6.08 Å². The molecule has 2 aliphatic carbocycles. The van der Waals surface area contributed by atoms with E-state index < -0.39 is 24.0 Å². The Hall–Kier alpha value is -3.99. The molecular weight excluding hydrogens is 564 g/mol. The summed E-state index contributed by atoms with van der Waals surface area (Å²) in [5.74, 6) is -0.368. The van der Waals surface area contributed by atoms with Gasteiger partial charge in [0.15, 0.2) is 28.8 Å². The van der Waals surface area contributed by atoms with Crippen molar-refractivity contribution in [3.05, 3.63) is 75.8 Å². The van der Waals surface area contributed by atoms with Gasteiger partial charge in [0.05, 0.1) is 20.8 Å². The Balaban J connectivity index is 1.97. The van der Waals surface area contributed by atoms with E-state index in [1.54, 1.807) is 36.4 Å². The second-order valence-corrected chi connectivity index (χ2v) is 11.4. The van der Waals surface area contributed by atoms with Gasteiger partial charge in [-0.15, -0.1) is 0 Å². The number of ketones is 1. The van der Waals surface area contributed by atoms with Gasteiger partial charge in [0.1, 0.15) is 12.1 Å². The molecule has 1 fully saturated rings. The smallest absolute Gasteiger partial charge is 0.328 e. The van der Waals surface area contributed by atoms with E-state index in [0.29, 0.717) is 47.3 Å². The maximum atomic E-state index is 13.9. The maximum Gasteiger partial charge on any atom is 0.328 e. The van der Waals surface area contributed by atoms with E-state index >= 15 is 0 Å². The molecule has 0 aliphatic heterocycles. The van der Waals surface area contributed by atoms with Crippen LogP contribution < -0.4 is 20.9 Å². The lowest BCUT2D eigenvalue weighted by atomic mass is 9.80. The van der Waals surface area contributed by atoms with Crippen LogP contribution in [-0.4, -0.2) is 55.7 Å². The number of hydrogen-bond acceptors (Lipinski definition) is 10. The zero-order valence-corrected chi connectivity index (χ0v) is 26.3. The predicted octanol–water partition coefficient (Wildman–Crippen LogP) is 4.28. The number of carbonyl (C=O) groups is 3. The average molecular weight is 609 g/mol. The average Bonchev–Trinajstić information content (AvgIpc) is 3.00. The van der Waals surface area contributed by atoms with Gasteiger partial charge in [-0.05, 0) is 72.9 Å². The van der Waals surface area contributed by atoms with Crippen LogP contribution in [0.1, 0.15) is 58.9 Å². The normalized spacial score (nSPS) is 19.8. The van der Waals surface area contributed by atoms with E-state index in [1.807, 2.05) is 27.7 Å². The van der Waals surface area contributed by atoms with E-state index in [0.717, 1.165) is 12.0 Å². The number of nitrogens with two attached hydrogens (primary N) is 2. The number of allylic oxidation sites excluding steroid dienone is 6. The summed E-state index contributed by atoms with van der Waals surface area (Å²) >= 11 is 0. The van der Waals surface area contributed by atoms with Crippen LogP contribution in [0.15, 0.2) is 70.2 Å². The fourth-order valence-electron chi connectivity index (χ4n) is 4.86. The predicted molar refractivity (Wildman–Crippen MR) is 167 cm³/mol. The van der Waals surface area contributed by atoms with Crippen molar-refractivity contribution in [3.8, 4) is 11.5 Å². The monoisotopic (exact) mass is 608 g/mol. The second-order valence-electron chi connectivity index (χ2n) is 11.4. The third-order valence-corrected chi connectivity index (χ3v) is 7.61. The zero-order chi connectivity index (χ0) is 32.6. The third kappa shape index (κ3) is 8.13. The lowest BCUT2D eigenvalue weighted by Crippen LogP contribution is -2.38. The van der Waals surface area contributed by atoms with Gasteiger partial charge in [-0.25, -0.2) is 9.59 Å². The summed E-state index contributed by atoms with van der Waals surface area (Å²) in [6.45, 7) is 7.10. The number of rotatable bonds is 11. The van der Waals surface area contributed by atoms with Crippen LogP contribution in [0.5, 0.6) is 11.5 Å². The molecule has 1 aromatic carbocycles. The number of esters is 2. The lowest BCUT2D eigenvalue weighted by molar-refractivity contribution is -0.142. The van der Waals surface area contributed by atoms with Gasteiger partial charge in [-0.2, -0.15) is 0 Å². The van der Waals surface area contributed by atoms with Crippen LogP contribution in [-0.2, 0) is 23.9 Å². The Labute approximate surface area is 259 Å². The molecule has 0 heterocycles. The zero-order valence-electron chi connectivity index (χ0n) is 26.3. The maximum absolute atomic E-state index is 13.9. The van der Waals surface area contributed by atoms with Crippen molar-refractivity contribution in [2.45, 2.75) is 65.5 Å². The first-order chi connectivity index (χ1) is 20.9. The fourth-order valence-corrected chi connectivity index (χ4v) is 4.86. The van der Waals surface area contributed by atoms with Gasteiger partial charge >= 0.3 is 11.9 Å². The minimum absolute atomic E-state index is 0.0861. The molecule has 0 spiro atoms. The number of aliphatic hydroxyl groups is 1. The van der Waals surface area contributed by atoms with Crippen molar-refractivity contribution < 1.29 is 38.4 Å². The van der Waals surface area contributed by atoms with E-state index in [2.05, 4.69) is 0 Å². The van der Waals surface area contributed by atoms with Gasteiger partial charge in [0, 0.05) is 16.7 Å². The molecule has 238 valence electrons. The van der Waals surface area contributed by atoms with Crippen molar-refractivity contribution in [2.75, 3.05) is 20.8 Å². The summed E-state index contributed by atoms with van der Waals surface area (Å²) in [4.78, 5) is 38.9. The molecule has 0 aromatic heterocycles. The number of benzene rings is 1. The number of hydrogen-bond donors (Lipinski definition) is 3. The Morgan fingerprint density at radius 2 is 1.59 bits per heavy atom. The van der Waals surface area contributed by atoms with Crippen molar-refractivity contribution in [3.63, 3.8) is 0 Å². The molecule has 0 bridgehead atoms. The largest absolute Gasteiger partial charge is 0.493 e. The molecule has 5 N–H and O–H groups in total. The summed E-state index contributed by atoms with van der Waals surface area (Å²) < 4.78 is 22.2. The standard InChI is InChI=1S/C34H44N2O8/c1-19(2)29(35)33(39)43-26-14-12-21(18-28(26)41-5)17-22-9-7-10-24(31(22)38)23-13-15-27(44-34(40)30(36)20(3)4)32(42-6)25(23)11-8-16-37/h8,11-12,14-15,17-20,29-30,37H,7,9-10,13,16,35-36H2,1-6H3/b11-8+,22-17+,24-23-. The minimum Gasteiger partial charge on any atom is -0.493 e. The molecular formula is C34H44N2O8. The first-order valence-electron chi connectivity index (χ1n) is 14.8. The summed E-state index contributed by atoms with van der Waals surface area (Å²) in [6.07, 6.45) is 8.91. The van der Waals surface area contributed by atoms with Gasteiger partial charge in [-0.1, -0.05) is 45.9 Å². The van der Waals surface area contributed by atoms with Gasteiger partial charge in [0.25, 0.3) is 0 Å². The fraction of sp³-hybridized carbons (Fsp3) is 0.441. The van der Waals surface area contributed by atoms with E-state index in [-0.39, 0.29) is 41.5 Å². The minimum atomic E-state index is -0.810. The third-order valence-electron chi connectivity index (χ3n) is 7.61. The Kier molecular flexibility index (Phi) is 12.3. The molecule has 3 rings (SSSR count). The first kappa shape index (κ1) is 34.5. The number of Topliss-reactive ketones (excluding diaryl/α,β-unsaturated/α-hetero) is 1. The van der Waals surface area contributed by atoms with E-state index in [9.17, 15) is 19.5 Å². The Bertz CT molecular complexity index is 1410. The summed E-state index contributed by atoms with van der Waals surface area (Å²) in [5.41, 5.74) is 15.1. The van der Waals surface area contributed by atoms with E-state index in [4.69, 9.17) is 30.4 Å². The second kappa shape index (κ2) is 15.7. The molecule has 2 atom stereocenters. The topological polar surface area (TPSA) is 160 Å². The van der Waals surface area contributed by atoms with Crippen LogP contribution in [0, 0.1) is 11.8 Å². The number of aliphatic hydroxyl groups excluding tert-OH is 1. The summed E-state index contributed by atoms with van der Waals surface area (Å²) in [7, 11) is 2.93. The first-order valence-corrected chi connectivity index (χ1v) is 14.8. The van der Waals surface area contributed by atoms with Crippen LogP contribution in [0.2, 0.25) is 0 Å². The highest BCUT2D eigenvalue weighted by Gasteiger charge is 2.31. The molecule has 44 heavy (non-hydrogen) atoms. The molecule has 1 aromatic rings. The van der Waals surface area contributed by atoms with Crippen LogP contribution in [0.4, 0.5) is 0 Å². The molecule has 2 aliphatic rings. The highest BCUT2D eigenvalue weighted by Crippen LogP contribution is 2.39. The number of ether oxygens (including phenoxy) is 4. The van der Waals surface area contributed by atoms with Crippen molar-refractivity contribution in [1.29, 1.82) is 0 Å². The molecule has 10 nitrogen and oxygen atoms in total. The number of carbonyl (C=O) groups excluding carboxylic acids is 3. The molecule has 0 radical (unpaired) electrons. The van der Waals surface area contributed by atoms with Crippen molar-refractivity contribution in [2.24, 2.45) is 23.3 Å². The van der Waals surface area contributed by atoms with Gasteiger partial charge < -0.3 is 35.5 Å². The van der Waals surface area contributed by atoms with Crippen molar-refractivity contribution >= 4 is 23.8 Å². The van der Waals surface area contributed by atoms with Crippen molar-refractivity contribution in [1.82, 2.24) is 0 Å². The lowest BCUT2D eigenvalue weighted by Gasteiger charge is -2.26. The molecule has 0 saturated heterocycles. The molecule has 0 amide bonds. The van der Waals surface area contributed by atoms with E-state index in [1.165, 1.54) is 20.3 Å². The Morgan fingerprint density at radius 3 is 2.18 bits per heavy atom. The number of methoxy groups -OCH3 is 2. The molecule has 2 unspecified atom stereocenters. The van der Waals surface area contributed by atoms with Crippen LogP contribution in [0.3, 0.4) is 0 Å². The van der Waals surface area contributed by atoms with Gasteiger partial charge in [0.2, 0.25) is 0 Å². The van der Waals surface area contributed by atoms with Gasteiger partial charge in [-0.3, -0.25) is 4.79 Å². The summed E-state index contributed by atoms with van der Waals surface area (Å²) in [6, 6.07) is 3.49. The SMILES string of the molecule is COC1=C(/C=C/CO)/C(=C2/CCC/C(=C\c3ccc(OC(=O)C(N)C(C)C)c(OC)c3)C2=O)CC=C1OC(=O)C(N)C(C)C. The van der Waals surface area contributed by atoms with Crippen LogP contribution >= 0.6 is 0 Å². The molecule has 1 saturated carbocycles. The highest BCUT2D eigenvalue weighted by molar-refractivity contribution is 6.12. The summed E-state index contributed by atoms with van der Waals surface area (Å²) in [5, 5.41) is 9.51. The highest BCUT2D eigenvalue weighted by atomic mass is 16.6. The molecule has 10 heteroatoms. The quantitative estimate of drug-likeness (QED) is 0.188.